The average molecular weight is 339 g/mol. The van der Waals surface area contributed by atoms with Crippen LogP contribution in [0.2, 0.25) is 0 Å². The number of aromatic nitrogens is 4. The Morgan fingerprint density at radius 2 is 2.20 bits per heavy atom. The molecule has 0 unspecified atom stereocenters. The number of furan rings is 1. The zero-order valence-electron chi connectivity index (χ0n) is 14.4. The van der Waals surface area contributed by atoms with Crippen molar-refractivity contribution in [3.8, 4) is 0 Å². The van der Waals surface area contributed by atoms with E-state index < -0.39 is 0 Å². The van der Waals surface area contributed by atoms with Crippen LogP contribution in [0.5, 0.6) is 0 Å². The van der Waals surface area contributed by atoms with Crippen LogP contribution < -0.4 is 10.5 Å². The first-order valence-electron chi connectivity index (χ1n) is 8.87. The molecule has 0 aliphatic heterocycles. The van der Waals surface area contributed by atoms with Gasteiger partial charge in [-0.3, -0.25) is 14.5 Å². The molecule has 3 heterocycles. The largest absolute Gasteiger partial charge is 0.464 e. The standard InChI is InChI=1S/C18H21N5O2/c1-10-7-13(10)15-6-5-12(25-15)9-23(11-3-4-11)18-20-16-14(17(24)21-18)8-19-22(16)2/h5-6,8,10-11,13H,3-4,7,9H2,1-2H3,(H,20,21,24)/t10-,13+/m0/s1. The maximum Gasteiger partial charge on any atom is 0.263 e. The minimum absolute atomic E-state index is 0.148. The highest BCUT2D eigenvalue weighted by molar-refractivity contribution is 5.74. The van der Waals surface area contributed by atoms with Crippen molar-refractivity contribution in [2.24, 2.45) is 13.0 Å². The predicted octanol–water partition coefficient (Wildman–Crippen LogP) is 2.54. The van der Waals surface area contributed by atoms with Crippen LogP contribution in [-0.2, 0) is 13.6 Å². The zero-order valence-corrected chi connectivity index (χ0v) is 14.4. The molecule has 7 nitrogen and oxygen atoms in total. The van der Waals surface area contributed by atoms with E-state index in [0.717, 1.165) is 30.3 Å². The molecule has 3 aromatic rings. The minimum atomic E-state index is -0.148. The molecule has 1 N–H and O–H groups in total. The third-order valence-corrected chi connectivity index (χ3v) is 5.33. The first kappa shape index (κ1) is 14.7. The number of anilines is 1. The van der Waals surface area contributed by atoms with Crippen molar-refractivity contribution in [3.05, 3.63) is 40.2 Å². The molecule has 5 rings (SSSR count). The zero-order chi connectivity index (χ0) is 17.1. The van der Waals surface area contributed by atoms with Crippen molar-refractivity contribution in [2.45, 2.75) is 44.7 Å². The molecule has 0 bridgehead atoms. The van der Waals surface area contributed by atoms with Gasteiger partial charge in [-0.1, -0.05) is 6.92 Å². The van der Waals surface area contributed by atoms with Gasteiger partial charge in [0.05, 0.1) is 12.7 Å². The van der Waals surface area contributed by atoms with Crippen LogP contribution in [0.4, 0.5) is 5.95 Å². The van der Waals surface area contributed by atoms with E-state index in [-0.39, 0.29) is 5.56 Å². The van der Waals surface area contributed by atoms with E-state index in [1.54, 1.807) is 17.9 Å². The molecule has 0 saturated heterocycles. The molecule has 2 saturated carbocycles. The number of H-pyrrole nitrogens is 1. The molecule has 0 radical (unpaired) electrons. The second-order valence-electron chi connectivity index (χ2n) is 7.38. The molecule has 7 heteroatoms. The van der Waals surface area contributed by atoms with E-state index in [4.69, 9.17) is 4.42 Å². The molecule has 130 valence electrons. The second-order valence-corrected chi connectivity index (χ2v) is 7.38. The Balaban J connectivity index is 1.48. The summed E-state index contributed by atoms with van der Waals surface area (Å²) in [7, 11) is 1.80. The van der Waals surface area contributed by atoms with Gasteiger partial charge in [0.1, 0.15) is 16.9 Å². The Bertz CT molecular complexity index is 996. The highest BCUT2D eigenvalue weighted by Gasteiger charge is 2.37. The molecule has 2 fully saturated rings. The molecule has 2 aliphatic rings. The number of rotatable bonds is 5. The van der Waals surface area contributed by atoms with Gasteiger partial charge in [0.25, 0.3) is 5.56 Å². The monoisotopic (exact) mass is 339 g/mol. The highest BCUT2D eigenvalue weighted by Crippen LogP contribution is 2.47. The number of nitrogens with zero attached hydrogens (tertiary/aromatic N) is 4. The molecule has 2 aliphatic carbocycles. The third-order valence-electron chi connectivity index (χ3n) is 5.33. The fourth-order valence-corrected chi connectivity index (χ4v) is 3.49. The molecular formula is C18H21N5O2. The number of fused-ring (bicyclic) bond motifs is 1. The SMILES string of the molecule is C[C@H]1C[C@H]1c1ccc(CN(c2nc3c(cnn3C)c(=O)[nH]2)C2CC2)o1. The van der Waals surface area contributed by atoms with Gasteiger partial charge in [0.15, 0.2) is 5.65 Å². The normalized spacial score (nSPS) is 22.5. The van der Waals surface area contributed by atoms with Crippen LogP contribution in [0.1, 0.15) is 43.6 Å². The lowest BCUT2D eigenvalue weighted by atomic mass is 10.3. The number of aromatic amines is 1. The fourth-order valence-electron chi connectivity index (χ4n) is 3.49. The van der Waals surface area contributed by atoms with E-state index in [2.05, 4.69) is 39.0 Å². The molecule has 0 aromatic carbocycles. The lowest BCUT2D eigenvalue weighted by Crippen LogP contribution is -2.29. The smallest absolute Gasteiger partial charge is 0.263 e. The van der Waals surface area contributed by atoms with E-state index in [1.165, 1.54) is 6.42 Å². The van der Waals surface area contributed by atoms with E-state index in [9.17, 15) is 4.79 Å². The van der Waals surface area contributed by atoms with Gasteiger partial charge >= 0.3 is 0 Å². The van der Waals surface area contributed by atoms with Crippen LogP contribution in [0, 0.1) is 5.92 Å². The van der Waals surface area contributed by atoms with Gasteiger partial charge in [-0.25, -0.2) is 0 Å². The summed E-state index contributed by atoms with van der Waals surface area (Å²) >= 11 is 0. The lowest BCUT2D eigenvalue weighted by molar-refractivity contribution is 0.455. The number of hydrogen-bond acceptors (Lipinski definition) is 5. The van der Waals surface area contributed by atoms with Crippen LogP contribution >= 0.6 is 0 Å². The molecular weight excluding hydrogens is 318 g/mol. The molecule has 3 aromatic heterocycles. The van der Waals surface area contributed by atoms with Gasteiger partial charge in [0, 0.05) is 19.0 Å². The summed E-state index contributed by atoms with van der Waals surface area (Å²) in [4.78, 5) is 22.1. The summed E-state index contributed by atoms with van der Waals surface area (Å²) in [5.74, 6) is 3.91. The van der Waals surface area contributed by atoms with Gasteiger partial charge in [0.2, 0.25) is 5.95 Å². The summed E-state index contributed by atoms with van der Waals surface area (Å²) in [5.41, 5.74) is 0.460. The third kappa shape index (κ3) is 2.54. The number of aryl methyl sites for hydroxylation is 1. The highest BCUT2D eigenvalue weighted by atomic mass is 16.3. The van der Waals surface area contributed by atoms with Crippen molar-refractivity contribution >= 4 is 17.0 Å². The molecule has 2 atom stereocenters. The van der Waals surface area contributed by atoms with Crippen molar-refractivity contribution in [1.82, 2.24) is 19.7 Å². The molecule has 0 spiro atoms. The minimum Gasteiger partial charge on any atom is -0.464 e. The molecule has 25 heavy (non-hydrogen) atoms. The topological polar surface area (TPSA) is 80.0 Å². The van der Waals surface area contributed by atoms with Gasteiger partial charge in [-0.05, 0) is 37.3 Å². The van der Waals surface area contributed by atoms with E-state index in [1.807, 2.05) is 0 Å². The van der Waals surface area contributed by atoms with Crippen LogP contribution in [-0.4, -0.2) is 25.8 Å². The van der Waals surface area contributed by atoms with Gasteiger partial charge in [-0.15, -0.1) is 0 Å². The maximum atomic E-state index is 12.4. The number of hydrogen-bond donors (Lipinski definition) is 1. The summed E-state index contributed by atoms with van der Waals surface area (Å²) in [6.45, 7) is 2.87. The van der Waals surface area contributed by atoms with E-state index in [0.29, 0.717) is 35.5 Å². The summed E-state index contributed by atoms with van der Waals surface area (Å²) < 4.78 is 7.69. The van der Waals surface area contributed by atoms with Crippen molar-refractivity contribution in [1.29, 1.82) is 0 Å². The van der Waals surface area contributed by atoms with Crippen molar-refractivity contribution < 1.29 is 4.42 Å². The summed E-state index contributed by atoms with van der Waals surface area (Å²) in [5, 5.41) is 4.65. The fraction of sp³-hybridized carbons (Fsp3) is 0.500. The Hall–Kier alpha value is -2.57. The van der Waals surface area contributed by atoms with Crippen molar-refractivity contribution in [2.75, 3.05) is 4.90 Å². The second kappa shape index (κ2) is 5.21. The van der Waals surface area contributed by atoms with Crippen LogP contribution in [0.3, 0.4) is 0 Å². The first-order chi connectivity index (χ1) is 12.1. The Morgan fingerprint density at radius 3 is 2.92 bits per heavy atom. The number of nitrogens with one attached hydrogen (secondary N) is 1. The Kier molecular flexibility index (Phi) is 3.07. The summed E-state index contributed by atoms with van der Waals surface area (Å²) in [6.07, 6.45) is 4.99. The Morgan fingerprint density at radius 1 is 1.40 bits per heavy atom. The lowest BCUT2D eigenvalue weighted by Gasteiger charge is -2.21. The first-order valence-corrected chi connectivity index (χ1v) is 8.87. The van der Waals surface area contributed by atoms with Crippen LogP contribution in [0.25, 0.3) is 11.0 Å². The molecule has 0 amide bonds. The quantitative estimate of drug-likeness (QED) is 0.773. The predicted molar refractivity (Wildman–Crippen MR) is 93.6 cm³/mol. The van der Waals surface area contributed by atoms with Gasteiger partial charge < -0.3 is 9.32 Å². The van der Waals surface area contributed by atoms with E-state index >= 15 is 0 Å². The average Bonchev–Trinajstić information content (AvgIpc) is 3.48. The van der Waals surface area contributed by atoms with Gasteiger partial charge in [-0.2, -0.15) is 10.1 Å². The maximum absolute atomic E-state index is 12.4. The Labute approximate surface area is 144 Å². The summed E-state index contributed by atoms with van der Waals surface area (Å²) in [6, 6.07) is 4.55. The van der Waals surface area contributed by atoms with Crippen molar-refractivity contribution in [3.63, 3.8) is 0 Å². The van der Waals surface area contributed by atoms with Crippen LogP contribution in [0.15, 0.2) is 27.5 Å².